The number of carbonyl (C=O) groups excluding carboxylic acids is 1. The third-order valence-corrected chi connectivity index (χ3v) is 6.18. The lowest BCUT2D eigenvalue weighted by molar-refractivity contribution is 0.158. The summed E-state index contributed by atoms with van der Waals surface area (Å²) in [5.74, 6) is 0.436. The maximum Gasteiger partial charge on any atom is 0.450 e. The van der Waals surface area contributed by atoms with Crippen molar-refractivity contribution in [3.05, 3.63) is 0 Å². The third-order valence-electron chi connectivity index (χ3n) is 2.38. The Labute approximate surface area is 82.4 Å². The molecule has 2 nitrogen and oxygen atoms in total. The highest BCUT2D eigenvalue weighted by Gasteiger charge is 2.39. The number of hydrogen-bond donors (Lipinski definition) is 0. The highest BCUT2D eigenvalue weighted by atomic mass is 31.2. The van der Waals surface area contributed by atoms with Gasteiger partial charge in [-0.05, 0) is 19.8 Å². The van der Waals surface area contributed by atoms with Gasteiger partial charge in [-0.25, -0.2) is 4.79 Å². The van der Waals surface area contributed by atoms with Crippen LogP contribution < -0.4 is 0 Å². The maximum atomic E-state index is 11.7. The predicted octanol–water partition coefficient (Wildman–Crippen LogP) is 3.47. The molecule has 0 aromatic heterocycles. The minimum Gasteiger partial charge on any atom is -0.436 e. The number of carbonyl (C=O) groups is 1. The first kappa shape index (κ1) is 12.9. The first-order valence-corrected chi connectivity index (χ1v) is 7.58. The Hall–Kier alpha value is -0.100. The zero-order valence-electron chi connectivity index (χ0n) is 9.46. The molecule has 0 atom stereocenters. The van der Waals surface area contributed by atoms with Gasteiger partial charge in [0.15, 0.2) is 0 Å². The molecule has 0 rings (SSSR count). The van der Waals surface area contributed by atoms with Crippen LogP contribution in [0.1, 0.15) is 27.7 Å². The summed E-state index contributed by atoms with van der Waals surface area (Å²) in [6, 6.07) is 0. The summed E-state index contributed by atoms with van der Waals surface area (Å²) in [4.78, 5) is 11.7. The molecule has 3 heteroatoms. The minimum atomic E-state index is -1.44. The van der Waals surface area contributed by atoms with Crippen molar-refractivity contribution >= 4 is 13.0 Å². The normalized spacial score (nSPS) is 11.8. The van der Waals surface area contributed by atoms with Gasteiger partial charge in [0.2, 0.25) is 0 Å². The van der Waals surface area contributed by atoms with Gasteiger partial charge in [0, 0.05) is 0 Å². The SMILES string of the molecule is CC[P+](C)(CC)C(=O)OCC(C)C. The van der Waals surface area contributed by atoms with E-state index in [1.807, 2.05) is 0 Å². The lowest BCUT2D eigenvalue weighted by Gasteiger charge is -2.17. The molecule has 0 aliphatic heterocycles. The summed E-state index contributed by atoms with van der Waals surface area (Å²) >= 11 is 0. The van der Waals surface area contributed by atoms with Gasteiger partial charge >= 0.3 is 5.71 Å². The fraction of sp³-hybridized carbons (Fsp3) is 0.900. The molecule has 0 radical (unpaired) electrons. The van der Waals surface area contributed by atoms with Gasteiger partial charge < -0.3 is 4.74 Å². The molecule has 0 aromatic carbocycles. The molecule has 0 N–H and O–H groups in total. The van der Waals surface area contributed by atoms with E-state index >= 15 is 0 Å². The van der Waals surface area contributed by atoms with Crippen molar-refractivity contribution in [1.82, 2.24) is 0 Å². The lowest BCUT2D eigenvalue weighted by atomic mass is 10.2. The molecule has 0 aliphatic rings. The van der Waals surface area contributed by atoms with E-state index in [1.54, 1.807) is 0 Å². The van der Waals surface area contributed by atoms with Gasteiger partial charge in [0.1, 0.15) is 7.26 Å². The zero-order valence-corrected chi connectivity index (χ0v) is 10.4. The van der Waals surface area contributed by atoms with Crippen molar-refractivity contribution in [3.63, 3.8) is 0 Å². The average Bonchev–Trinajstić information content (AvgIpc) is 2.12. The van der Waals surface area contributed by atoms with Gasteiger partial charge in [0.25, 0.3) is 0 Å². The van der Waals surface area contributed by atoms with Crippen LogP contribution in [-0.4, -0.2) is 31.3 Å². The highest BCUT2D eigenvalue weighted by Crippen LogP contribution is 2.55. The maximum absolute atomic E-state index is 11.7. The third kappa shape index (κ3) is 4.08. The molecule has 0 fully saturated rings. The Bertz CT molecular complexity index is 162. The summed E-state index contributed by atoms with van der Waals surface area (Å²) in [7, 11) is -1.44. The fourth-order valence-corrected chi connectivity index (χ4v) is 2.23. The zero-order chi connectivity index (χ0) is 10.5. The molecule has 0 unspecified atom stereocenters. The van der Waals surface area contributed by atoms with Crippen LogP contribution in [0.4, 0.5) is 4.79 Å². The van der Waals surface area contributed by atoms with Gasteiger partial charge in [-0.2, -0.15) is 0 Å². The van der Waals surface area contributed by atoms with Gasteiger partial charge in [0.05, 0.1) is 25.6 Å². The molecule has 0 aliphatic carbocycles. The van der Waals surface area contributed by atoms with Crippen molar-refractivity contribution in [2.45, 2.75) is 27.7 Å². The second-order valence-electron chi connectivity index (χ2n) is 4.00. The molecule has 0 spiro atoms. The molecule has 78 valence electrons. The molecule has 0 aromatic rings. The standard InChI is InChI=1S/C10H22O2P/c1-6-13(5,7-2)10(11)12-8-9(3)4/h9H,6-8H2,1-5H3/q+1. The second kappa shape index (κ2) is 5.59. The summed E-state index contributed by atoms with van der Waals surface area (Å²) in [5, 5.41) is 0. The summed E-state index contributed by atoms with van der Waals surface area (Å²) in [6.07, 6.45) is 1.92. The molecule has 0 heterocycles. The van der Waals surface area contributed by atoms with Crippen LogP contribution in [0.3, 0.4) is 0 Å². The second-order valence-corrected chi connectivity index (χ2v) is 8.42. The number of hydrogen-bond acceptors (Lipinski definition) is 2. The molecule has 0 saturated heterocycles. The van der Waals surface area contributed by atoms with Gasteiger partial charge in [-0.3, -0.25) is 0 Å². The van der Waals surface area contributed by atoms with Crippen molar-refractivity contribution in [1.29, 1.82) is 0 Å². The molecular weight excluding hydrogens is 183 g/mol. The van der Waals surface area contributed by atoms with E-state index in [1.165, 1.54) is 0 Å². The molecule has 13 heavy (non-hydrogen) atoms. The Morgan fingerprint density at radius 2 is 1.77 bits per heavy atom. The highest BCUT2D eigenvalue weighted by molar-refractivity contribution is 7.89. The van der Waals surface area contributed by atoms with Crippen molar-refractivity contribution in [2.24, 2.45) is 5.92 Å². The Morgan fingerprint density at radius 1 is 1.31 bits per heavy atom. The van der Waals surface area contributed by atoms with Gasteiger partial charge in [-0.15, -0.1) is 0 Å². The minimum absolute atomic E-state index is 0.0613. The first-order chi connectivity index (χ1) is 5.96. The number of rotatable bonds is 5. The van der Waals surface area contributed by atoms with Crippen LogP contribution >= 0.6 is 7.26 Å². The quantitative estimate of drug-likeness (QED) is 0.642. The molecule has 0 amide bonds. The van der Waals surface area contributed by atoms with E-state index in [4.69, 9.17) is 4.74 Å². The van der Waals surface area contributed by atoms with Crippen LogP contribution in [0.15, 0.2) is 0 Å². The van der Waals surface area contributed by atoms with E-state index in [0.717, 1.165) is 12.3 Å². The number of ether oxygens (including phenoxy) is 1. The van der Waals surface area contributed by atoms with E-state index in [-0.39, 0.29) is 5.71 Å². The summed E-state index contributed by atoms with van der Waals surface area (Å²) in [5.41, 5.74) is 0.0613. The Balaban J connectivity index is 4.07. The first-order valence-electron chi connectivity index (χ1n) is 4.98. The van der Waals surface area contributed by atoms with Crippen LogP contribution in [0.2, 0.25) is 0 Å². The van der Waals surface area contributed by atoms with Crippen molar-refractivity contribution in [2.75, 3.05) is 25.6 Å². The monoisotopic (exact) mass is 205 g/mol. The lowest BCUT2D eigenvalue weighted by Crippen LogP contribution is -2.15. The van der Waals surface area contributed by atoms with Crippen LogP contribution in [0.25, 0.3) is 0 Å². The van der Waals surface area contributed by atoms with Crippen molar-refractivity contribution < 1.29 is 9.53 Å². The van der Waals surface area contributed by atoms with E-state index in [0.29, 0.717) is 12.5 Å². The summed E-state index contributed by atoms with van der Waals surface area (Å²) in [6.45, 7) is 10.9. The average molecular weight is 205 g/mol. The largest absolute Gasteiger partial charge is 0.450 e. The van der Waals surface area contributed by atoms with Crippen LogP contribution in [0.5, 0.6) is 0 Å². The Kier molecular flexibility index (Phi) is 5.55. The summed E-state index contributed by atoms with van der Waals surface area (Å²) < 4.78 is 5.26. The molecular formula is C10H22O2P+. The van der Waals surface area contributed by atoms with E-state index in [9.17, 15) is 4.79 Å². The Morgan fingerprint density at radius 3 is 2.08 bits per heavy atom. The van der Waals surface area contributed by atoms with E-state index in [2.05, 4.69) is 34.4 Å². The topological polar surface area (TPSA) is 26.3 Å². The smallest absolute Gasteiger partial charge is 0.436 e. The molecule has 0 bridgehead atoms. The van der Waals surface area contributed by atoms with Crippen LogP contribution in [-0.2, 0) is 4.74 Å². The molecule has 0 saturated carbocycles. The predicted molar refractivity (Wildman–Crippen MR) is 60.1 cm³/mol. The van der Waals surface area contributed by atoms with Crippen molar-refractivity contribution in [3.8, 4) is 0 Å². The van der Waals surface area contributed by atoms with E-state index < -0.39 is 7.26 Å². The van der Waals surface area contributed by atoms with Crippen LogP contribution in [0, 0.1) is 5.92 Å². The fourth-order valence-electron chi connectivity index (χ4n) is 0.876. The van der Waals surface area contributed by atoms with Gasteiger partial charge in [-0.1, -0.05) is 13.8 Å².